The molecule has 0 atom stereocenters. The molecule has 0 fully saturated rings. The fourth-order valence-electron chi connectivity index (χ4n) is 1.58. The van der Waals surface area contributed by atoms with Gasteiger partial charge in [0.15, 0.2) is 0 Å². The smallest absolute Gasteiger partial charge is 0.323 e. The van der Waals surface area contributed by atoms with Crippen molar-refractivity contribution >= 4 is 23.1 Å². The Morgan fingerprint density at radius 1 is 1.11 bits per heavy atom. The van der Waals surface area contributed by atoms with E-state index >= 15 is 0 Å². The average Bonchev–Trinajstić information content (AvgIpc) is 2.34. The molecule has 19 heavy (non-hydrogen) atoms. The number of carbonyl (C=O) groups is 1. The van der Waals surface area contributed by atoms with Crippen LogP contribution in [0.15, 0.2) is 42.5 Å². The van der Waals surface area contributed by atoms with Gasteiger partial charge in [-0.05, 0) is 42.8 Å². The van der Waals surface area contributed by atoms with Crippen molar-refractivity contribution in [2.45, 2.75) is 6.92 Å². The Kier molecular flexibility index (Phi) is 3.66. The number of halogens is 1. The topological polar surface area (TPSA) is 67.2 Å². The van der Waals surface area contributed by atoms with Gasteiger partial charge in [0.25, 0.3) is 0 Å². The zero-order valence-corrected chi connectivity index (χ0v) is 10.4. The van der Waals surface area contributed by atoms with E-state index < -0.39 is 11.8 Å². The third-order valence-electron chi connectivity index (χ3n) is 2.62. The van der Waals surface area contributed by atoms with Gasteiger partial charge in [0.05, 0.1) is 0 Å². The lowest BCUT2D eigenvalue weighted by molar-refractivity contribution is 0.262. The highest BCUT2D eigenvalue weighted by Gasteiger charge is 2.04. The number of benzene rings is 2. The van der Waals surface area contributed by atoms with Crippen LogP contribution in [0.4, 0.5) is 26.2 Å². The summed E-state index contributed by atoms with van der Waals surface area (Å²) in [6.45, 7) is 1.88. The number of anilines is 3. The molecule has 0 aromatic heterocycles. The molecule has 0 spiro atoms. The van der Waals surface area contributed by atoms with Crippen LogP contribution in [-0.4, -0.2) is 6.03 Å². The molecule has 0 bridgehead atoms. The Balaban J connectivity index is 2.03. The lowest BCUT2D eigenvalue weighted by Gasteiger charge is -2.09. The van der Waals surface area contributed by atoms with Crippen LogP contribution >= 0.6 is 0 Å². The van der Waals surface area contributed by atoms with E-state index in [1.807, 2.05) is 13.0 Å². The van der Waals surface area contributed by atoms with Crippen molar-refractivity contribution in [1.29, 1.82) is 0 Å². The standard InChI is InChI=1S/C14H14FN3O/c1-9-5-6-12(8-13(9)16)18-14(19)17-11-4-2-3-10(15)7-11/h2-8H,16H2,1H3,(H2,17,18,19). The number of amides is 2. The molecular formula is C14H14FN3O. The average molecular weight is 259 g/mol. The van der Waals surface area contributed by atoms with Crippen LogP contribution in [0, 0.1) is 12.7 Å². The van der Waals surface area contributed by atoms with Gasteiger partial charge in [-0.25, -0.2) is 9.18 Å². The maximum atomic E-state index is 13.0. The van der Waals surface area contributed by atoms with E-state index in [1.54, 1.807) is 18.2 Å². The van der Waals surface area contributed by atoms with Gasteiger partial charge in [0.1, 0.15) is 5.82 Å². The highest BCUT2D eigenvalue weighted by Crippen LogP contribution is 2.17. The van der Waals surface area contributed by atoms with Gasteiger partial charge >= 0.3 is 6.03 Å². The molecule has 2 amide bonds. The Bertz CT molecular complexity index is 613. The van der Waals surface area contributed by atoms with E-state index in [2.05, 4.69) is 10.6 Å². The number of aryl methyl sites for hydroxylation is 1. The van der Waals surface area contributed by atoms with Crippen LogP contribution in [0.5, 0.6) is 0 Å². The summed E-state index contributed by atoms with van der Waals surface area (Å²) < 4.78 is 13.0. The summed E-state index contributed by atoms with van der Waals surface area (Å²) in [5, 5.41) is 5.16. The number of nitrogen functional groups attached to an aromatic ring is 1. The van der Waals surface area contributed by atoms with E-state index in [0.717, 1.165) is 5.56 Å². The van der Waals surface area contributed by atoms with E-state index in [4.69, 9.17) is 5.73 Å². The van der Waals surface area contributed by atoms with Gasteiger partial charge < -0.3 is 16.4 Å². The second-order valence-corrected chi connectivity index (χ2v) is 4.16. The number of carbonyl (C=O) groups excluding carboxylic acids is 1. The molecule has 2 rings (SSSR count). The molecule has 0 heterocycles. The lowest BCUT2D eigenvalue weighted by atomic mass is 10.2. The summed E-state index contributed by atoms with van der Waals surface area (Å²) in [5.41, 5.74) is 8.26. The van der Waals surface area contributed by atoms with Crippen molar-refractivity contribution < 1.29 is 9.18 Å². The van der Waals surface area contributed by atoms with Crippen molar-refractivity contribution in [3.05, 3.63) is 53.8 Å². The van der Waals surface area contributed by atoms with Gasteiger partial charge in [-0.3, -0.25) is 0 Å². The van der Waals surface area contributed by atoms with Gasteiger partial charge in [-0.15, -0.1) is 0 Å². The van der Waals surface area contributed by atoms with Crippen LogP contribution in [-0.2, 0) is 0 Å². The molecule has 0 radical (unpaired) electrons. The van der Waals surface area contributed by atoms with Crippen molar-refractivity contribution in [3.8, 4) is 0 Å². The fraction of sp³-hybridized carbons (Fsp3) is 0.0714. The fourth-order valence-corrected chi connectivity index (χ4v) is 1.58. The van der Waals surface area contributed by atoms with E-state index in [-0.39, 0.29) is 0 Å². The zero-order valence-electron chi connectivity index (χ0n) is 10.4. The highest BCUT2D eigenvalue weighted by atomic mass is 19.1. The summed E-state index contributed by atoms with van der Waals surface area (Å²) in [5.74, 6) is -0.405. The molecule has 0 unspecified atom stereocenters. The quantitative estimate of drug-likeness (QED) is 0.724. The minimum atomic E-state index is -0.450. The van der Waals surface area contributed by atoms with Crippen molar-refractivity contribution in [2.75, 3.05) is 16.4 Å². The van der Waals surface area contributed by atoms with Crippen LogP contribution in [0.1, 0.15) is 5.56 Å². The molecule has 2 aromatic rings. The van der Waals surface area contributed by atoms with Gasteiger partial charge in [0, 0.05) is 17.1 Å². The second-order valence-electron chi connectivity index (χ2n) is 4.16. The van der Waals surface area contributed by atoms with E-state index in [9.17, 15) is 9.18 Å². The number of nitrogens with one attached hydrogen (secondary N) is 2. The predicted octanol–water partition coefficient (Wildman–Crippen LogP) is 3.36. The SMILES string of the molecule is Cc1ccc(NC(=O)Nc2cccc(F)c2)cc1N. The molecule has 0 aliphatic carbocycles. The van der Waals surface area contributed by atoms with Crippen LogP contribution in [0.3, 0.4) is 0 Å². The maximum Gasteiger partial charge on any atom is 0.323 e. The number of nitrogens with two attached hydrogens (primary N) is 1. The minimum absolute atomic E-state index is 0.387. The van der Waals surface area contributed by atoms with Crippen LogP contribution in [0.2, 0.25) is 0 Å². The lowest BCUT2D eigenvalue weighted by Crippen LogP contribution is -2.19. The van der Waals surface area contributed by atoms with Gasteiger partial charge in [-0.1, -0.05) is 12.1 Å². The predicted molar refractivity (Wildman–Crippen MR) is 74.6 cm³/mol. The molecular weight excluding hydrogens is 245 g/mol. The Morgan fingerprint density at radius 2 is 1.79 bits per heavy atom. The molecule has 98 valence electrons. The first-order valence-electron chi connectivity index (χ1n) is 5.74. The molecule has 0 aliphatic heterocycles. The summed E-state index contributed by atoms with van der Waals surface area (Å²) >= 11 is 0. The van der Waals surface area contributed by atoms with Crippen molar-refractivity contribution in [3.63, 3.8) is 0 Å². The summed E-state index contributed by atoms with van der Waals surface area (Å²) in [6.07, 6.45) is 0. The zero-order chi connectivity index (χ0) is 13.8. The normalized spacial score (nSPS) is 10.0. The number of hydrogen-bond donors (Lipinski definition) is 3. The molecule has 0 aliphatic rings. The Morgan fingerprint density at radius 3 is 2.42 bits per heavy atom. The number of hydrogen-bond acceptors (Lipinski definition) is 2. The third kappa shape index (κ3) is 3.45. The molecule has 4 N–H and O–H groups in total. The molecule has 2 aromatic carbocycles. The monoisotopic (exact) mass is 259 g/mol. The highest BCUT2D eigenvalue weighted by molar-refractivity contribution is 6.00. The van der Waals surface area contributed by atoms with Gasteiger partial charge in [0.2, 0.25) is 0 Å². The van der Waals surface area contributed by atoms with Crippen molar-refractivity contribution in [1.82, 2.24) is 0 Å². The molecule has 5 heteroatoms. The Hall–Kier alpha value is -2.56. The van der Waals surface area contributed by atoms with Crippen LogP contribution in [0.25, 0.3) is 0 Å². The first-order valence-corrected chi connectivity index (χ1v) is 5.74. The van der Waals surface area contributed by atoms with E-state index in [1.165, 1.54) is 18.2 Å². The maximum absolute atomic E-state index is 13.0. The van der Waals surface area contributed by atoms with Crippen LogP contribution < -0.4 is 16.4 Å². The minimum Gasteiger partial charge on any atom is -0.398 e. The number of rotatable bonds is 2. The largest absolute Gasteiger partial charge is 0.398 e. The Labute approximate surface area is 110 Å². The van der Waals surface area contributed by atoms with Gasteiger partial charge in [-0.2, -0.15) is 0 Å². The second kappa shape index (κ2) is 5.39. The number of urea groups is 1. The summed E-state index contributed by atoms with van der Waals surface area (Å²) in [4.78, 5) is 11.7. The molecule has 4 nitrogen and oxygen atoms in total. The van der Waals surface area contributed by atoms with Crippen molar-refractivity contribution in [2.24, 2.45) is 0 Å². The van der Waals surface area contributed by atoms with E-state index in [0.29, 0.717) is 17.1 Å². The summed E-state index contributed by atoms with van der Waals surface area (Å²) in [7, 11) is 0. The third-order valence-corrected chi connectivity index (χ3v) is 2.62. The first-order chi connectivity index (χ1) is 9.04. The first kappa shape index (κ1) is 12.9. The molecule has 0 saturated heterocycles. The summed E-state index contributed by atoms with van der Waals surface area (Å²) in [6, 6.07) is 10.5. The molecule has 0 saturated carbocycles.